The van der Waals surface area contributed by atoms with Crippen LogP contribution >= 0.6 is 11.3 Å². The van der Waals surface area contributed by atoms with Crippen LogP contribution in [0.15, 0.2) is 36.0 Å². The molecule has 3 aromatic rings. The first-order valence-corrected chi connectivity index (χ1v) is 11.4. The molecule has 1 aliphatic heterocycles. The standard InChI is InChI=1S/C18H19N5O2S.2C2H6/c1-11(12-3-2-6-19-9-12)20-18-21-14-5-8-26-16(14)15(22-18)17(25)23-7-4-13(24)10-23;2*1-2/h2-3,5-6,8-9,11,13,24H,4,7,10H2,1H3,(H,20,21,22);2*1-2H3/t11?,13-;;/m1../s1. The predicted molar refractivity (Wildman–Crippen MR) is 123 cm³/mol. The fraction of sp³-hybridized carbons (Fsp3) is 0.455. The molecule has 0 bridgehead atoms. The second-order valence-corrected chi connectivity index (χ2v) is 7.29. The van der Waals surface area contributed by atoms with Gasteiger partial charge < -0.3 is 15.3 Å². The molecule has 2 N–H and O–H groups in total. The molecule has 30 heavy (non-hydrogen) atoms. The number of fused-ring (bicyclic) bond motifs is 1. The summed E-state index contributed by atoms with van der Waals surface area (Å²) in [5.74, 6) is 0.254. The number of pyridine rings is 1. The molecular formula is C22H31N5O2S. The van der Waals surface area contributed by atoms with E-state index in [1.165, 1.54) is 11.3 Å². The number of aromatic nitrogens is 3. The molecule has 0 saturated carbocycles. The van der Waals surface area contributed by atoms with Crippen LogP contribution in [0.3, 0.4) is 0 Å². The summed E-state index contributed by atoms with van der Waals surface area (Å²) in [4.78, 5) is 27.7. The van der Waals surface area contributed by atoms with Crippen LogP contribution in [0.4, 0.5) is 5.95 Å². The van der Waals surface area contributed by atoms with Gasteiger partial charge in [-0.05, 0) is 36.4 Å². The summed E-state index contributed by atoms with van der Waals surface area (Å²) in [7, 11) is 0. The van der Waals surface area contributed by atoms with E-state index in [0.29, 0.717) is 31.2 Å². The minimum Gasteiger partial charge on any atom is -0.391 e. The molecule has 0 aromatic carbocycles. The number of amides is 1. The number of β-amino-alcohol motifs (C(OH)–C–C–N with tert-alkyl or cyclic N) is 1. The second-order valence-electron chi connectivity index (χ2n) is 6.38. The van der Waals surface area contributed by atoms with Crippen molar-refractivity contribution in [3.8, 4) is 0 Å². The average Bonchev–Trinajstić information content (AvgIpc) is 3.45. The molecule has 1 aliphatic rings. The topological polar surface area (TPSA) is 91.2 Å². The van der Waals surface area contributed by atoms with Gasteiger partial charge in [0.25, 0.3) is 5.91 Å². The first kappa shape index (κ1) is 23.7. The third-order valence-electron chi connectivity index (χ3n) is 4.49. The molecule has 4 rings (SSSR count). The van der Waals surface area contributed by atoms with Gasteiger partial charge in [0.1, 0.15) is 0 Å². The lowest BCUT2D eigenvalue weighted by atomic mass is 10.1. The molecule has 1 unspecified atom stereocenters. The third kappa shape index (κ3) is 5.52. The van der Waals surface area contributed by atoms with Crippen LogP contribution in [0, 0.1) is 0 Å². The summed E-state index contributed by atoms with van der Waals surface area (Å²) in [6, 6.07) is 5.70. The Hall–Kier alpha value is -2.58. The lowest BCUT2D eigenvalue weighted by Crippen LogP contribution is -2.30. The minimum atomic E-state index is -0.456. The van der Waals surface area contributed by atoms with Crippen LogP contribution < -0.4 is 5.32 Å². The van der Waals surface area contributed by atoms with Crippen molar-refractivity contribution in [2.45, 2.75) is 53.2 Å². The fourth-order valence-corrected chi connectivity index (χ4v) is 3.87. The summed E-state index contributed by atoms with van der Waals surface area (Å²) < 4.78 is 0.774. The zero-order valence-corrected chi connectivity index (χ0v) is 19.1. The molecule has 4 heterocycles. The van der Waals surface area contributed by atoms with Crippen LogP contribution in [0.1, 0.15) is 63.1 Å². The quantitative estimate of drug-likeness (QED) is 0.634. The van der Waals surface area contributed by atoms with Gasteiger partial charge in [0.15, 0.2) is 5.69 Å². The molecule has 8 heteroatoms. The van der Waals surface area contributed by atoms with Gasteiger partial charge in [0.05, 0.1) is 22.4 Å². The maximum Gasteiger partial charge on any atom is 0.274 e. The molecule has 0 aliphatic carbocycles. The Morgan fingerprint density at radius 2 is 2.03 bits per heavy atom. The van der Waals surface area contributed by atoms with E-state index in [0.717, 1.165) is 15.8 Å². The van der Waals surface area contributed by atoms with Crippen molar-refractivity contribution in [2.24, 2.45) is 0 Å². The molecule has 3 aromatic heterocycles. The minimum absolute atomic E-state index is 0.0450. The van der Waals surface area contributed by atoms with Crippen LogP contribution in [0.25, 0.3) is 10.2 Å². The maximum atomic E-state index is 12.9. The van der Waals surface area contributed by atoms with E-state index >= 15 is 0 Å². The van der Waals surface area contributed by atoms with Gasteiger partial charge in [0, 0.05) is 25.5 Å². The van der Waals surface area contributed by atoms with Crippen LogP contribution in [-0.4, -0.2) is 50.1 Å². The number of thiophene rings is 1. The Morgan fingerprint density at radius 3 is 2.67 bits per heavy atom. The lowest BCUT2D eigenvalue weighted by molar-refractivity contribution is 0.0761. The monoisotopic (exact) mass is 429 g/mol. The van der Waals surface area contributed by atoms with Gasteiger partial charge in [-0.2, -0.15) is 0 Å². The number of anilines is 1. The van der Waals surface area contributed by atoms with E-state index in [1.807, 2.05) is 58.2 Å². The highest BCUT2D eigenvalue weighted by molar-refractivity contribution is 7.17. The van der Waals surface area contributed by atoms with Crippen LogP contribution in [0.2, 0.25) is 0 Å². The molecule has 2 atom stereocenters. The normalized spacial score (nSPS) is 16.2. The summed E-state index contributed by atoms with van der Waals surface area (Å²) in [5, 5.41) is 14.9. The molecule has 7 nitrogen and oxygen atoms in total. The van der Waals surface area contributed by atoms with Gasteiger partial charge in [-0.25, -0.2) is 9.97 Å². The molecular weight excluding hydrogens is 398 g/mol. The number of carbonyl (C=O) groups excluding carboxylic acids is 1. The summed E-state index contributed by atoms with van der Waals surface area (Å²) in [6.07, 6.45) is 3.67. The number of likely N-dealkylation sites (tertiary alicyclic amines) is 1. The molecule has 162 valence electrons. The van der Waals surface area contributed by atoms with Crippen molar-refractivity contribution < 1.29 is 9.90 Å². The zero-order valence-electron chi connectivity index (χ0n) is 18.3. The number of nitrogens with zero attached hydrogens (tertiary/aromatic N) is 4. The number of hydrogen-bond donors (Lipinski definition) is 2. The highest BCUT2D eigenvalue weighted by Gasteiger charge is 2.28. The van der Waals surface area contributed by atoms with Crippen LogP contribution in [-0.2, 0) is 0 Å². The van der Waals surface area contributed by atoms with Crippen molar-refractivity contribution in [2.75, 3.05) is 18.4 Å². The number of rotatable bonds is 4. The average molecular weight is 430 g/mol. The molecule has 1 fully saturated rings. The molecule has 1 saturated heterocycles. The number of aliphatic hydroxyl groups is 1. The Balaban J connectivity index is 0.000000757. The van der Waals surface area contributed by atoms with Gasteiger partial charge >= 0.3 is 0 Å². The van der Waals surface area contributed by atoms with E-state index in [4.69, 9.17) is 0 Å². The Bertz CT molecular complexity index is 932. The summed E-state index contributed by atoms with van der Waals surface area (Å²) in [6.45, 7) is 10.9. The van der Waals surface area contributed by atoms with Gasteiger partial charge in [-0.15, -0.1) is 11.3 Å². The Morgan fingerprint density at radius 1 is 1.27 bits per heavy atom. The van der Waals surface area contributed by atoms with Gasteiger partial charge in [-0.1, -0.05) is 33.8 Å². The Kier molecular flexibility index (Phi) is 9.14. The van der Waals surface area contributed by atoms with E-state index in [1.54, 1.807) is 17.3 Å². The zero-order chi connectivity index (χ0) is 22.1. The largest absolute Gasteiger partial charge is 0.391 e. The number of carbonyl (C=O) groups is 1. The first-order valence-electron chi connectivity index (χ1n) is 10.5. The van der Waals surface area contributed by atoms with Gasteiger partial charge in [0.2, 0.25) is 5.95 Å². The number of hydrogen-bond acceptors (Lipinski definition) is 7. The second kappa shape index (κ2) is 11.6. The summed E-state index contributed by atoms with van der Waals surface area (Å²) in [5.41, 5.74) is 2.14. The van der Waals surface area contributed by atoms with Crippen molar-refractivity contribution in [3.05, 3.63) is 47.2 Å². The van der Waals surface area contributed by atoms with Crippen molar-refractivity contribution in [1.29, 1.82) is 0 Å². The van der Waals surface area contributed by atoms with Gasteiger partial charge in [-0.3, -0.25) is 9.78 Å². The van der Waals surface area contributed by atoms with E-state index in [9.17, 15) is 9.90 Å². The van der Waals surface area contributed by atoms with Crippen molar-refractivity contribution >= 4 is 33.4 Å². The van der Waals surface area contributed by atoms with Crippen molar-refractivity contribution in [1.82, 2.24) is 19.9 Å². The fourth-order valence-electron chi connectivity index (χ4n) is 3.06. The SMILES string of the molecule is CC.CC.CC(Nc1nc(C(=O)N2CC[C@@H](O)C2)c2sccc2n1)c1cccnc1. The van der Waals surface area contributed by atoms with Crippen molar-refractivity contribution in [3.63, 3.8) is 0 Å². The smallest absolute Gasteiger partial charge is 0.274 e. The predicted octanol–water partition coefficient (Wildman–Crippen LogP) is 4.52. The summed E-state index contributed by atoms with van der Waals surface area (Å²) >= 11 is 1.45. The van der Waals surface area contributed by atoms with E-state index in [2.05, 4.69) is 20.3 Å². The molecule has 0 radical (unpaired) electrons. The van der Waals surface area contributed by atoms with Crippen LogP contribution in [0.5, 0.6) is 0 Å². The third-order valence-corrected chi connectivity index (χ3v) is 5.40. The van der Waals surface area contributed by atoms with E-state index in [-0.39, 0.29) is 11.9 Å². The Labute approximate surface area is 182 Å². The van der Waals surface area contributed by atoms with E-state index < -0.39 is 6.10 Å². The first-order chi connectivity index (χ1) is 14.6. The highest BCUT2D eigenvalue weighted by Crippen LogP contribution is 2.27. The highest BCUT2D eigenvalue weighted by atomic mass is 32.1. The maximum absolute atomic E-state index is 12.9. The molecule has 1 amide bonds. The molecule has 0 spiro atoms. The number of aliphatic hydroxyl groups excluding tert-OH is 1. The lowest BCUT2D eigenvalue weighted by Gasteiger charge is -2.17. The number of nitrogens with one attached hydrogen (secondary N) is 1.